The predicted molar refractivity (Wildman–Crippen MR) is 86.8 cm³/mol. The van der Waals surface area contributed by atoms with Gasteiger partial charge in [0.05, 0.1) is 11.8 Å². The van der Waals surface area contributed by atoms with Gasteiger partial charge in [0, 0.05) is 24.8 Å². The summed E-state index contributed by atoms with van der Waals surface area (Å²) in [5.41, 5.74) is 1.51. The quantitative estimate of drug-likeness (QED) is 0.898. The third kappa shape index (κ3) is 3.88. The largest absolute Gasteiger partial charge is 0.348 e. The molecule has 1 atom stereocenters. The van der Waals surface area contributed by atoms with Gasteiger partial charge in [0.15, 0.2) is 0 Å². The van der Waals surface area contributed by atoms with Gasteiger partial charge in [-0.2, -0.15) is 5.10 Å². The van der Waals surface area contributed by atoms with Crippen molar-refractivity contribution in [3.63, 3.8) is 0 Å². The SMILES string of the molecule is Cc1[nH]ncc1C(=O)NC1CCCN(CC2CCCCC2)C1. The fourth-order valence-corrected chi connectivity index (χ4v) is 3.92. The maximum absolute atomic E-state index is 12.3. The molecular formula is C17H28N4O. The predicted octanol–water partition coefficient (Wildman–Crippen LogP) is 2.49. The first-order valence-corrected chi connectivity index (χ1v) is 8.75. The second-order valence-corrected chi connectivity index (χ2v) is 6.98. The molecule has 1 amide bonds. The van der Waals surface area contributed by atoms with E-state index in [0.717, 1.165) is 24.6 Å². The van der Waals surface area contributed by atoms with Crippen LogP contribution in [0.5, 0.6) is 0 Å². The van der Waals surface area contributed by atoms with Gasteiger partial charge in [0.1, 0.15) is 0 Å². The molecule has 5 heteroatoms. The number of aryl methyl sites for hydroxylation is 1. The van der Waals surface area contributed by atoms with Crippen molar-refractivity contribution in [3.8, 4) is 0 Å². The van der Waals surface area contributed by atoms with E-state index in [1.54, 1.807) is 6.20 Å². The van der Waals surface area contributed by atoms with Gasteiger partial charge >= 0.3 is 0 Å². The van der Waals surface area contributed by atoms with E-state index < -0.39 is 0 Å². The zero-order valence-electron chi connectivity index (χ0n) is 13.6. The molecule has 1 aromatic heterocycles. The molecule has 2 aliphatic rings. The van der Waals surface area contributed by atoms with Crippen LogP contribution in [0.15, 0.2) is 6.20 Å². The minimum atomic E-state index is 0.00997. The highest BCUT2D eigenvalue weighted by atomic mass is 16.1. The molecule has 1 saturated carbocycles. The van der Waals surface area contributed by atoms with Gasteiger partial charge in [0.2, 0.25) is 0 Å². The summed E-state index contributed by atoms with van der Waals surface area (Å²) in [6, 6.07) is 0.277. The summed E-state index contributed by atoms with van der Waals surface area (Å²) in [6.07, 6.45) is 10.9. The summed E-state index contributed by atoms with van der Waals surface area (Å²) >= 11 is 0. The topological polar surface area (TPSA) is 61.0 Å². The molecule has 0 aromatic carbocycles. The van der Waals surface area contributed by atoms with Crippen LogP contribution in [0.1, 0.15) is 61.0 Å². The Morgan fingerprint density at radius 1 is 1.32 bits per heavy atom. The Morgan fingerprint density at radius 3 is 2.86 bits per heavy atom. The number of nitrogens with zero attached hydrogens (tertiary/aromatic N) is 2. The summed E-state index contributed by atoms with van der Waals surface area (Å²) in [5.74, 6) is 0.884. The Hall–Kier alpha value is -1.36. The molecule has 22 heavy (non-hydrogen) atoms. The third-order valence-corrected chi connectivity index (χ3v) is 5.16. The Kier molecular flexibility index (Phi) is 5.13. The second-order valence-electron chi connectivity index (χ2n) is 6.98. The number of piperidine rings is 1. The van der Waals surface area contributed by atoms with Crippen molar-refractivity contribution in [2.45, 2.75) is 57.9 Å². The van der Waals surface area contributed by atoms with Crippen LogP contribution in [0.2, 0.25) is 0 Å². The summed E-state index contributed by atoms with van der Waals surface area (Å²) < 4.78 is 0. The van der Waals surface area contributed by atoms with Crippen LogP contribution >= 0.6 is 0 Å². The summed E-state index contributed by atoms with van der Waals surface area (Å²) in [6.45, 7) is 5.29. The van der Waals surface area contributed by atoms with Gasteiger partial charge in [-0.25, -0.2) is 0 Å². The van der Waals surface area contributed by atoms with E-state index in [4.69, 9.17) is 0 Å². The zero-order valence-corrected chi connectivity index (χ0v) is 13.6. The van der Waals surface area contributed by atoms with Gasteiger partial charge in [-0.05, 0) is 45.1 Å². The number of nitrogens with one attached hydrogen (secondary N) is 2. The lowest BCUT2D eigenvalue weighted by Gasteiger charge is -2.36. The van der Waals surface area contributed by atoms with Crippen molar-refractivity contribution in [2.75, 3.05) is 19.6 Å². The number of aromatic nitrogens is 2. The number of rotatable bonds is 4. The normalized spacial score (nSPS) is 24.3. The average molecular weight is 304 g/mol. The fraction of sp³-hybridized carbons (Fsp3) is 0.765. The maximum Gasteiger partial charge on any atom is 0.254 e. The van der Waals surface area contributed by atoms with Crippen molar-refractivity contribution in [1.82, 2.24) is 20.4 Å². The van der Waals surface area contributed by atoms with E-state index in [-0.39, 0.29) is 11.9 Å². The van der Waals surface area contributed by atoms with Crippen LogP contribution in [-0.2, 0) is 0 Å². The second kappa shape index (κ2) is 7.27. The van der Waals surface area contributed by atoms with E-state index in [1.807, 2.05) is 6.92 Å². The van der Waals surface area contributed by atoms with E-state index >= 15 is 0 Å². The Bertz CT molecular complexity index is 493. The monoisotopic (exact) mass is 304 g/mol. The lowest BCUT2D eigenvalue weighted by Crippen LogP contribution is -2.49. The molecule has 1 aliphatic heterocycles. The molecule has 0 radical (unpaired) electrons. The number of H-pyrrole nitrogens is 1. The molecule has 122 valence electrons. The van der Waals surface area contributed by atoms with Gasteiger partial charge in [0.25, 0.3) is 5.91 Å². The highest BCUT2D eigenvalue weighted by Gasteiger charge is 2.25. The molecular weight excluding hydrogens is 276 g/mol. The molecule has 1 saturated heterocycles. The van der Waals surface area contributed by atoms with Gasteiger partial charge in [-0.3, -0.25) is 9.89 Å². The molecule has 1 aromatic rings. The lowest BCUT2D eigenvalue weighted by atomic mass is 9.88. The zero-order chi connectivity index (χ0) is 15.4. The minimum Gasteiger partial charge on any atom is -0.348 e. The molecule has 0 bridgehead atoms. The van der Waals surface area contributed by atoms with Crippen LogP contribution in [-0.4, -0.2) is 46.7 Å². The Morgan fingerprint density at radius 2 is 2.14 bits per heavy atom. The van der Waals surface area contributed by atoms with Crippen LogP contribution in [0.4, 0.5) is 0 Å². The van der Waals surface area contributed by atoms with Crippen molar-refractivity contribution < 1.29 is 4.79 Å². The molecule has 2 fully saturated rings. The number of hydrogen-bond acceptors (Lipinski definition) is 3. The fourth-order valence-electron chi connectivity index (χ4n) is 3.92. The Labute approximate surface area is 132 Å². The van der Waals surface area contributed by atoms with Gasteiger partial charge in [-0.15, -0.1) is 0 Å². The number of carbonyl (C=O) groups excluding carboxylic acids is 1. The smallest absolute Gasteiger partial charge is 0.254 e. The minimum absolute atomic E-state index is 0.00997. The molecule has 1 aliphatic carbocycles. The molecule has 5 nitrogen and oxygen atoms in total. The van der Waals surface area contributed by atoms with E-state index in [9.17, 15) is 4.79 Å². The van der Waals surface area contributed by atoms with E-state index in [2.05, 4.69) is 20.4 Å². The first-order chi connectivity index (χ1) is 10.7. The van der Waals surface area contributed by atoms with Crippen LogP contribution < -0.4 is 5.32 Å². The van der Waals surface area contributed by atoms with Crippen molar-refractivity contribution >= 4 is 5.91 Å². The maximum atomic E-state index is 12.3. The first-order valence-electron chi connectivity index (χ1n) is 8.75. The lowest BCUT2D eigenvalue weighted by molar-refractivity contribution is 0.0889. The molecule has 2 heterocycles. The van der Waals surface area contributed by atoms with Crippen molar-refractivity contribution in [1.29, 1.82) is 0 Å². The molecule has 0 spiro atoms. The third-order valence-electron chi connectivity index (χ3n) is 5.16. The first kappa shape index (κ1) is 15.5. The van der Waals surface area contributed by atoms with Crippen molar-refractivity contribution in [3.05, 3.63) is 17.5 Å². The number of likely N-dealkylation sites (tertiary alicyclic amines) is 1. The van der Waals surface area contributed by atoms with Crippen LogP contribution in [0.3, 0.4) is 0 Å². The van der Waals surface area contributed by atoms with E-state index in [0.29, 0.717) is 5.56 Å². The highest BCUT2D eigenvalue weighted by Crippen LogP contribution is 2.25. The Balaban J connectivity index is 1.50. The summed E-state index contributed by atoms with van der Waals surface area (Å²) in [5, 5.41) is 9.95. The molecule has 2 N–H and O–H groups in total. The van der Waals surface area contributed by atoms with Gasteiger partial charge < -0.3 is 10.2 Å². The van der Waals surface area contributed by atoms with Crippen LogP contribution in [0, 0.1) is 12.8 Å². The van der Waals surface area contributed by atoms with Gasteiger partial charge in [-0.1, -0.05) is 19.3 Å². The summed E-state index contributed by atoms with van der Waals surface area (Å²) in [4.78, 5) is 14.9. The average Bonchev–Trinajstić information content (AvgIpc) is 2.95. The number of aromatic amines is 1. The number of amides is 1. The van der Waals surface area contributed by atoms with Crippen molar-refractivity contribution in [2.24, 2.45) is 5.92 Å². The van der Waals surface area contributed by atoms with Crippen LogP contribution in [0.25, 0.3) is 0 Å². The number of hydrogen-bond donors (Lipinski definition) is 2. The summed E-state index contributed by atoms with van der Waals surface area (Å²) in [7, 11) is 0. The standard InChI is InChI=1S/C17H28N4O/c1-13-16(10-18-20-13)17(22)19-15-8-5-9-21(12-15)11-14-6-3-2-4-7-14/h10,14-15H,2-9,11-12H2,1H3,(H,18,20)(H,19,22). The highest BCUT2D eigenvalue weighted by molar-refractivity contribution is 5.95. The van der Waals surface area contributed by atoms with E-state index in [1.165, 1.54) is 51.6 Å². The molecule has 1 unspecified atom stereocenters. The molecule has 3 rings (SSSR count). The number of carbonyl (C=O) groups is 1.